The Bertz CT molecular complexity index is 369. The van der Waals surface area contributed by atoms with Crippen molar-refractivity contribution in [2.24, 2.45) is 0 Å². The van der Waals surface area contributed by atoms with E-state index < -0.39 is 0 Å². The van der Waals surface area contributed by atoms with Crippen molar-refractivity contribution in [3.05, 3.63) is 29.8 Å². The van der Waals surface area contributed by atoms with E-state index in [1.165, 1.54) is 37.8 Å². The highest BCUT2D eigenvalue weighted by Crippen LogP contribution is 2.32. The molecular formula is C16H25NO. The zero-order valence-corrected chi connectivity index (χ0v) is 11.6. The molecule has 0 amide bonds. The molecule has 18 heavy (non-hydrogen) atoms. The normalized spacial score (nSPS) is 18.6. The van der Waals surface area contributed by atoms with E-state index in [0.717, 1.165) is 12.1 Å². The Morgan fingerprint density at radius 3 is 2.50 bits per heavy atom. The minimum absolute atomic E-state index is 0.390. The predicted molar refractivity (Wildman–Crippen MR) is 77.0 cm³/mol. The number of aliphatic hydroxyl groups excluding tert-OH is 1. The Kier molecular flexibility index (Phi) is 4.65. The maximum absolute atomic E-state index is 9.92. The molecule has 2 nitrogen and oxygen atoms in total. The van der Waals surface area contributed by atoms with Gasteiger partial charge in [0, 0.05) is 23.8 Å². The summed E-state index contributed by atoms with van der Waals surface area (Å²) >= 11 is 0. The zero-order valence-electron chi connectivity index (χ0n) is 11.6. The molecule has 1 atom stereocenters. The van der Waals surface area contributed by atoms with E-state index in [1.54, 1.807) is 0 Å². The van der Waals surface area contributed by atoms with Crippen molar-refractivity contribution in [1.29, 1.82) is 0 Å². The molecule has 1 N–H and O–H groups in total. The fraction of sp³-hybridized carbons (Fsp3) is 0.625. The molecule has 0 radical (unpaired) electrons. The lowest BCUT2D eigenvalue weighted by molar-refractivity contribution is 0.199. The first-order valence-corrected chi connectivity index (χ1v) is 7.27. The highest BCUT2D eigenvalue weighted by Gasteiger charge is 2.22. The van der Waals surface area contributed by atoms with E-state index in [1.807, 2.05) is 19.1 Å². The van der Waals surface area contributed by atoms with Gasteiger partial charge in [0.2, 0.25) is 0 Å². The van der Waals surface area contributed by atoms with Crippen molar-refractivity contribution in [2.75, 3.05) is 11.4 Å². The molecule has 1 saturated carbocycles. The van der Waals surface area contributed by atoms with Gasteiger partial charge < -0.3 is 10.0 Å². The average Bonchev–Trinajstić information content (AvgIpc) is 2.41. The summed E-state index contributed by atoms with van der Waals surface area (Å²) in [4.78, 5) is 2.49. The second kappa shape index (κ2) is 6.24. The van der Waals surface area contributed by atoms with Crippen LogP contribution in [-0.4, -0.2) is 17.7 Å². The molecule has 0 unspecified atom stereocenters. The topological polar surface area (TPSA) is 23.5 Å². The van der Waals surface area contributed by atoms with E-state index in [9.17, 15) is 5.11 Å². The summed E-state index contributed by atoms with van der Waals surface area (Å²) in [6.45, 7) is 5.09. The van der Waals surface area contributed by atoms with Crippen molar-refractivity contribution in [3.8, 4) is 0 Å². The number of para-hydroxylation sites is 1. The number of hydrogen-bond acceptors (Lipinski definition) is 2. The summed E-state index contributed by atoms with van der Waals surface area (Å²) in [5, 5.41) is 9.92. The third-order valence-electron chi connectivity index (χ3n) is 4.05. The zero-order chi connectivity index (χ0) is 13.0. The van der Waals surface area contributed by atoms with Crippen molar-refractivity contribution >= 4 is 5.69 Å². The van der Waals surface area contributed by atoms with Gasteiger partial charge in [-0.1, -0.05) is 37.5 Å². The monoisotopic (exact) mass is 247 g/mol. The average molecular weight is 247 g/mol. The largest absolute Gasteiger partial charge is 0.389 e. The Labute approximate surface area is 111 Å². The number of benzene rings is 1. The van der Waals surface area contributed by atoms with Crippen LogP contribution in [0.3, 0.4) is 0 Å². The van der Waals surface area contributed by atoms with Gasteiger partial charge in [0.05, 0.1) is 6.10 Å². The number of rotatable bonds is 4. The van der Waals surface area contributed by atoms with Crippen LogP contribution in [0.5, 0.6) is 0 Å². The van der Waals surface area contributed by atoms with Crippen LogP contribution in [0.25, 0.3) is 0 Å². The summed E-state index contributed by atoms with van der Waals surface area (Å²) in [5.41, 5.74) is 2.28. The summed E-state index contributed by atoms with van der Waals surface area (Å²) < 4.78 is 0. The van der Waals surface area contributed by atoms with Gasteiger partial charge in [-0.05, 0) is 32.8 Å². The standard InChI is InChI=1S/C16H25NO/c1-3-17(14-9-5-4-6-10-14)16-12-8-7-11-15(16)13(2)18/h7-8,11-14,18H,3-6,9-10H2,1-2H3/t13-/m0/s1. The first kappa shape index (κ1) is 13.4. The van der Waals surface area contributed by atoms with Gasteiger partial charge in [0.15, 0.2) is 0 Å². The van der Waals surface area contributed by atoms with Crippen molar-refractivity contribution < 1.29 is 5.11 Å². The molecule has 1 fully saturated rings. The third kappa shape index (κ3) is 2.86. The molecule has 100 valence electrons. The lowest BCUT2D eigenvalue weighted by atomic mass is 9.93. The molecule has 0 saturated heterocycles. The Morgan fingerprint density at radius 2 is 1.89 bits per heavy atom. The fourth-order valence-electron chi connectivity index (χ4n) is 3.12. The van der Waals surface area contributed by atoms with Crippen molar-refractivity contribution in [1.82, 2.24) is 0 Å². The summed E-state index contributed by atoms with van der Waals surface area (Å²) in [5.74, 6) is 0. The first-order valence-electron chi connectivity index (χ1n) is 7.27. The van der Waals surface area contributed by atoms with Crippen LogP contribution in [0, 0.1) is 0 Å². The fourth-order valence-corrected chi connectivity index (χ4v) is 3.12. The molecule has 0 aromatic heterocycles. The van der Waals surface area contributed by atoms with Crippen LogP contribution in [0.4, 0.5) is 5.69 Å². The van der Waals surface area contributed by atoms with E-state index >= 15 is 0 Å². The Morgan fingerprint density at radius 1 is 1.22 bits per heavy atom. The van der Waals surface area contributed by atoms with E-state index in [-0.39, 0.29) is 6.10 Å². The smallest absolute Gasteiger partial charge is 0.0781 e. The minimum Gasteiger partial charge on any atom is -0.389 e. The van der Waals surface area contributed by atoms with Gasteiger partial charge in [0.1, 0.15) is 0 Å². The van der Waals surface area contributed by atoms with Gasteiger partial charge in [-0.2, -0.15) is 0 Å². The number of aliphatic hydroxyl groups is 1. The van der Waals surface area contributed by atoms with E-state index in [2.05, 4.69) is 24.0 Å². The highest BCUT2D eigenvalue weighted by atomic mass is 16.3. The van der Waals surface area contributed by atoms with Gasteiger partial charge in [-0.15, -0.1) is 0 Å². The molecule has 0 spiro atoms. The van der Waals surface area contributed by atoms with Crippen LogP contribution < -0.4 is 4.90 Å². The van der Waals surface area contributed by atoms with Gasteiger partial charge in [-0.25, -0.2) is 0 Å². The second-order valence-electron chi connectivity index (χ2n) is 5.31. The van der Waals surface area contributed by atoms with E-state index in [4.69, 9.17) is 0 Å². The van der Waals surface area contributed by atoms with Crippen LogP contribution in [0.2, 0.25) is 0 Å². The molecular weight excluding hydrogens is 222 g/mol. The lowest BCUT2D eigenvalue weighted by Gasteiger charge is -2.37. The molecule has 0 aliphatic heterocycles. The maximum Gasteiger partial charge on any atom is 0.0781 e. The van der Waals surface area contributed by atoms with Crippen molar-refractivity contribution in [2.45, 2.75) is 58.1 Å². The third-order valence-corrected chi connectivity index (χ3v) is 4.05. The SMILES string of the molecule is CCN(c1ccccc1[C@H](C)O)C1CCCCC1. The molecule has 1 aromatic rings. The molecule has 2 heteroatoms. The molecule has 1 aromatic carbocycles. The maximum atomic E-state index is 9.92. The summed E-state index contributed by atoms with van der Waals surface area (Å²) in [6.07, 6.45) is 6.27. The molecule has 0 bridgehead atoms. The lowest BCUT2D eigenvalue weighted by Crippen LogP contribution is -2.37. The molecule has 1 aliphatic rings. The van der Waals surface area contributed by atoms with Crippen LogP contribution >= 0.6 is 0 Å². The summed E-state index contributed by atoms with van der Waals surface area (Å²) in [7, 11) is 0. The van der Waals surface area contributed by atoms with Gasteiger partial charge in [-0.3, -0.25) is 0 Å². The number of nitrogens with zero attached hydrogens (tertiary/aromatic N) is 1. The molecule has 1 aliphatic carbocycles. The first-order chi connectivity index (χ1) is 8.74. The summed E-state index contributed by atoms with van der Waals surface area (Å²) in [6, 6.07) is 8.95. The van der Waals surface area contributed by atoms with E-state index in [0.29, 0.717) is 6.04 Å². The predicted octanol–water partition coefficient (Wildman–Crippen LogP) is 3.90. The Hall–Kier alpha value is -1.02. The molecule has 0 heterocycles. The van der Waals surface area contributed by atoms with Crippen LogP contribution in [0.1, 0.15) is 57.6 Å². The molecule has 2 rings (SSSR count). The number of anilines is 1. The van der Waals surface area contributed by atoms with Crippen molar-refractivity contribution in [3.63, 3.8) is 0 Å². The van der Waals surface area contributed by atoms with Gasteiger partial charge >= 0.3 is 0 Å². The number of hydrogen-bond donors (Lipinski definition) is 1. The van der Waals surface area contributed by atoms with Gasteiger partial charge in [0.25, 0.3) is 0 Å². The van der Waals surface area contributed by atoms with Crippen LogP contribution in [-0.2, 0) is 0 Å². The highest BCUT2D eigenvalue weighted by molar-refractivity contribution is 5.55. The second-order valence-corrected chi connectivity index (χ2v) is 5.31. The van der Waals surface area contributed by atoms with Crippen LogP contribution in [0.15, 0.2) is 24.3 Å². The Balaban J connectivity index is 2.26. The quantitative estimate of drug-likeness (QED) is 0.872. The minimum atomic E-state index is -0.390.